The number of benzene rings is 1. The quantitative estimate of drug-likeness (QED) is 0.786. The highest BCUT2D eigenvalue weighted by atomic mass is 35.5. The second kappa shape index (κ2) is 5.95. The lowest BCUT2D eigenvalue weighted by Gasteiger charge is -2.09. The normalized spacial score (nSPS) is 12.1. The molecule has 15 heavy (non-hydrogen) atoms. The fraction of sp³-hybridized carbons (Fsp3) is 0.333. The van der Waals surface area contributed by atoms with E-state index in [0.717, 1.165) is 6.07 Å². The van der Waals surface area contributed by atoms with Crippen LogP contribution in [0.2, 0.25) is 0 Å². The molecule has 0 spiro atoms. The van der Waals surface area contributed by atoms with Gasteiger partial charge in [0.15, 0.2) is 11.6 Å². The first kappa shape index (κ1) is 14.2. The van der Waals surface area contributed by atoms with Gasteiger partial charge < -0.3 is 10.8 Å². The molecule has 1 rings (SSSR count). The van der Waals surface area contributed by atoms with Crippen molar-refractivity contribution in [2.24, 2.45) is 5.73 Å². The number of rotatable bonds is 3. The SMILES string of the molecule is Cl.NC(CO)Cc1cc(F)c(F)cc1F. The summed E-state index contributed by atoms with van der Waals surface area (Å²) in [7, 11) is 0. The molecule has 0 saturated carbocycles. The highest BCUT2D eigenvalue weighted by molar-refractivity contribution is 5.85. The maximum atomic E-state index is 13.0. The Bertz CT molecular complexity index is 335. The zero-order valence-corrected chi connectivity index (χ0v) is 8.53. The van der Waals surface area contributed by atoms with E-state index in [1.165, 1.54) is 0 Å². The number of nitrogens with two attached hydrogens (primary N) is 1. The highest BCUT2D eigenvalue weighted by Crippen LogP contribution is 2.14. The Labute approximate surface area is 91.3 Å². The van der Waals surface area contributed by atoms with Gasteiger partial charge in [0.25, 0.3) is 0 Å². The largest absolute Gasteiger partial charge is 0.395 e. The molecule has 0 saturated heterocycles. The molecule has 0 amide bonds. The first-order chi connectivity index (χ1) is 6.54. The molecule has 6 heteroatoms. The minimum Gasteiger partial charge on any atom is -0.395 e. The molecular weight excluding hydrogens is 231 g/mol. The lowest BCUT2D eigenvalue weighted by Crippen LogP contribution is -2.27. The van der Waals surface area contributed by atoms with Crippen LogP contribution < -0.4 is 5.73 Å². The minimum atomic E-state index is -1.23. The predicted molar refractivity (Wildman–Crippen MR) is 52.3 cm³/mol. The summed E-state index contributed by atoms with van der Waals surface area (Å²) in [5.74, 6) is -3.21. The molecule has 1 aromatic carbocycles. The van der Waals surface area contributed by atoms with Crippen LogP contribution in [0.15, 0.2) is 12.1 Å². The van der Waals surface area contributed by atoms with Crippen LogP contribution in [-0.2, 0) is 6.42 Å². The molecule has 1 aromatic rings. The number of hydrogen-bond acceptors (Lipinski definition) is 2. The number of halogens is 4. The van der Waals surface area contributed by atoms with Gasteiger partial charge in [0.2, 0.25) is 0 Å². The van der Waals surface area contributed by atoms with Crippen LogP contribution in [-0.4, -0.2) is 17.8 Å². The van der Waals surface area contributed by atoms with Crippen molar-refractivity contribution in [3.8, 4) is 0 Å². The Morgan fingerprint density at radius 1 is 1.13 bits per heavy atom. The van der Waals surface area contributed by atoms with E-state index in [2.05, 4.69) is 0 Å². The summed E-state index contributed by atoms with van der Waals surface area (Å²) in [5.41, 5.74) is 5.29. The van der Waals surface area contributed by atoms with Crippen LogP contribution >= 0.6 is 12.4 Å². The van der Waals surface area contributed by atoms with Gasteiger partial charge in [-0.05, 0) is 18.1 Å². The summed E-state index contributed by atoms with van der Waals surface area (Å²) in [6.07, 6.45) is -0.0282. The fourth-order valence-electron chi connectivity index (χ4n) is 1.07. The Morgan fingerprint density at radius 3 is 2.20 bits per heavy atom. The average Bonchev–Trinajstić information content (AvgIpc) is 2.14. The van der Waals surface area contributed by atoms with Crippen LogP contribution in [0.3, 0.4) is 0 Å². The Morgan fingerprint density at radius 2 is 1.67 bits per heavy atom. The summed E-state index contributed by atoms with van der Waals surface area (Å²) in [4.78, 5) is 0. The third-order valence-electron chi connectivity index (χ3n) is 1.81. The topological polar surface area (TPSA) is 46.2 Å². The van der Waals surface area contributed by atoms with Gasteiger partial charge >= 0.3 is 0 Å². The third kappa shape index (κ3) is 3.70. The van der Waals surface area contributed by atoms with E-state index < -0.39 is 23.5 Å². The Hall–Kier alpha value is -0.780. The summed E-state index contributed by atoms with van der Waals surface area (Å²) >= 11 is 0. The van der Waals surface area contributed by atoms with Crippen molar-refractivity contribution in [3.05, 3.63) is 35.1 Å². The molecule has 0 heterocycles. The lowest BCUT2D eigenvalue weighted by atomic mass is 10.1. The van der Waals surface area contributed by atoms with Gasteiger partial charge in [0.1, 0.15) is 5.82 Å². The smallest absolute Gasteiger partial charge is 0.161 e. The van der Waals surface area contributed by atoms with E-state index in [1.54, 1.807) is 0 Å². The first-order valence-corrected chi connectivity index (χ1v) is 4.04. The second-order valence-electron chi connectivity index (χ2n) is 3.00. The zero-order chi connectivity index (χ0) is 10.7. The highest BCUT2D eigenvalue weighted by Gasteiger charge is 2.12. The van der Waals surface area contributed by atoms with Gasteiger partial charge in [-0.1, -0.05) is 0 Å². The molecule has 86 valence electrons. The van der Waals surface area contributed by atoms with Crippen molar-refractivity contribution in [3.63, 3.8) is 0 Å². The van der Waals surface area contributed by atoms with Gasteiger partial charge in [0, 0.05) is 12.1 Å². The van der Waals surface area contributed by atoms with E-state index in [4.69, 9.17) is 10.8 Å². The van der Waals surface area contributed by atoms with E-state index in [9.17, 15) is 13.2 Å². The van der Waals surface area contributed by atoms with Crippen molar-refractivity contribution in [1.29, 1.82) is 0 Å². The van der Waals surface area contributed by atoms with E-state index in [1.807, 2.05) is 0 Å². The van der Waals surface area contributed by atoms with Gasteiger partial charge in [0.05, 0.1) is 6.61 Å². The second-order valence-corrected chi connectivity index (χ2v) is 3.00. The molecule has 1 atom stereocenters. The molecule has 0 aliphatic rings. The summed E-state index contributed by atoms with van der Waals surface area (Å²) in [6, 6.07) is 0.545. The molecule has 3 N–H and O–H groups in total. The van der Waals surface area contributed by atoms with E-state index in [0.29, 0.717) is 6.07 Å². The number of hydrogen-bond donors (Lipinski definition) is 2. The Balaban J connectivity index is 0.00000196. The van der Waals surface area contributed by atoms with Crippen LogP contribution in [0.4, 0.5) is 13.2 Å². The minimum absolute atomic E-state index is 0. The summed E-state index contributed by atoms with van der Waals surface area (Å²) in [5, 5.41) is 8.60. The van der Waals surface area contributed by atoms with Gasteiger partial charge in [-0.25, -0.2) is 13.2 Å². The standard InChI is InChI=1S/C9H10F3NO.ClH/c10-7-3-9(12)8(11)2-5(7)1-6(13)4-14;/h2-3,6,14H,1,4,13H2;1H. The van der Waals surface area contributed by atoms with E-state index in [-0.39, 0.29) is 31.0 Å². The van der Waals surface area contributed by atoms with Crippen LogP contribution in [0.1, 0.15) is 5.56 Å². The first-order valence-electron chi connectivity index (χ1n) is 4.04. The maximum Gasteiger partial charge on any atom is 0.161 e. The third-order valence-corrected chi connectivity index (χ3v) is 1.81. The van der Waals surface area contributed by atoms with Crippen molar-refractivity contribution in [1.82, 2.24) is 0 Å². The molecule has 0 radical (unpaired) electrons. The van der Waals surface area contributed by atoms with Gasteiger partial charge in [-0.2, -0.15) is 0 Å². The monoisotopic (exact) mass is 241 g/mol. The molecule has 0 bridgehead atoms. The van der Waals surface area contributed by atoms with Gasteiger partial charge in [-0.15, -0.1) is 12.4 Å². The predicted octanol–water partition coefficient (Wildman–Crippen LogP) is 1.39. The fourth-order valence-corrected chi connectivity index (χ4v) is 1.07. The van der Waals surface area contributed by atoms with Crippen LogP contribution in [0.5, 0.6) is 0 Å². The molecular formula is C9H11ClF3NO. The Kier molecular flexibility index (Phi) is 5.64. The maximum absolute atomic E-state index is 13.0. The van der Waals surface area contributed by atoms with Crippen molar-refractivity contribution >= 4 is 12.4 Å². The zero-order valence-electron chi connectivity index (χ0n) is 7.71. The van der Waals surface area contributed by atoms with Crippen molar-refractivity contribution in [2.45, 2.75) is 12.5 Å². The van der Waals surface area contributed by atoms with E-state index >= 15 is 0 Å². The molecule has 0 aromatic heterocycles. The summed E-state index contributed by atoms with van der Waals surface area (Å²) < 4.78 is 38.1. The summed E-state index contributed by atoms with van der Waals surface area (Å²) in [6.45, 7) is -0.335. The number of aliphatic hydroxyl groups is 1. The molecule has 0 fully saturated rings. The molecule has 1 unspecified atom stereocenters. The molecule has 0 aliphatic carbocycles. The molecule has 0 aliphatic heterocycles. The van der Waals surface area contributed by atoms with Crippen LogP contribution in [0.25, 0.3) is 0 Å². The average molecular weight is 242 g/mol. The van der Waals surface area contributed by atoms with Gasteiger partial charge in [-0.3, -0.25) is 0 Å². The van der Waals surface area contributed by atoms with Crippen molar-refractivity contribution in [2.75, 3.05) is 6.61 Å². The molecule has 2 nitrogen and oxygen atoms in total. The van der Waals surface area contributed by atoms with Crippen LogP contribution in [0, 0.1) is 17.5 Å². The van der Waals surface area contributed by atoms with Crippen molar-refractivity contribution < 1.29 is 18.3 Å². The number of aliphatic hydroxyl groups excluding tert-OH is 1. The lowest BCUT2D eigenvalue weighted by molar-refractivity contribution is 0.264.